The van der Waals surface area contributed by atoms with E-state index in [1.165, 1.54) is 17.0 Å². The summed E-state index contributed by atoms with van der Waals surface area (Å²) >= 11 is 5.25. The molecule has 2 aromatic carbocycles. The fraction of sp³-hybridized carbons (Fsp3) is 0.125. The quantitative estimate of drug-likeness (QED) is 0.371. The molecule has 0 aliphatic carbocycles. The highest BCUT2D eigenvalue weighted by molar-refractivity contribution is 7.80. The fourth-order valence-electron chi connectivity index (χ4n) is 3.70. The molecule has 1 aliphatic rings. The van der Waals surface area contributed by atoms with Crippen LogP contribution in [-0.4, -0.2) is 28.6 Å². The Kier molecular flexibility index (Phi) is 5.63. The predicted octanol–water partition coefficient (Wildman–Crippen LogP) is 4.07. The minimum absolute atomic E-state index is 0.0131. The number of carbonyl (C=O) groups excluding carboxylic acids is 2. The lowest BCUT2D eigenvalue weighted by Gasteiger charge is -2.29. The van der Waals surface area contributed by atoms with Crippen LogP contribution in [0.2, 0.25) is 0 Å². The molecule has 1 saturated heterocycles. The third-order valence-corrected chi connectivity index (χ3v) is 5.57. The summed E-state index contributed by atoms with van der Waals surface area (Å²) in [7, 11) is 1.55. The normalized spacial score (nSPS) is 15.3. The van der Waals surface area contributed by atoms with Crippen LogP contribution in [0.1, 0.15) is 17.0 Å². The minimum Gasteiger partial charge on any atom is -0.497 e. The lowest BCUT2D eigenvalue weighted by molar-refractivity contribution is -0.122. The molecule has 1 fully saturated rings. The van der Waals surface area contributed by atoms with E-state index in [1.807, 2.05) is 24.5 Å². The van der Waals surface area contributed by atoms with Crippen molar-refractivity contribution in [2.45, 2.75) is 13.8 Å². The van der Waals surface area contributed by atoms with Crippen molar-refractivity contribution >= 4 is 40.9 Å². The highest BCUT2D eigenvalue weighted by Gasteiger charge is 2.34. The first-order chi connectivity index (χ1) is 15.3. The fourth-order valence-corrected chi connectivity index (χ4v) is 3.98. The van der Waals surface area contributed by atoms with Crippen LogP contribution in [0.5, 0.6) is 5.75 Å². The van der Waals surface area contributed by atoms with Crippen LogP contribution in [0, 0.1) is 19.7 Å². The molecular weight excluding hydrogens is 429 g/mol. The van der Waals surface area contributed by atoms with Crippen molar-refractivity contribution < 1.29 is 18.7 Å². The summed E-state index contributed by atoms with van der Waals surface area (Å²) in [5.74, 6) is -0.762. The van der Waals surface area contributed by atoms with Gasteiger partial charge in [-0.1, -0.05) is 0 Å². The molecule has 32 heavy (non-hydrogen) atoms. The number of rotatable bonds is 4. The molecule has 3 aromatic rings. The summed E-state index contributed by atoms with van der Waals surface area (Å²) in [6.07, 6.45) is 1.55. The second-order valence-electron chi connectivity index (χ2n) is 7.29. The van der Waals surface area contributed by atoms with Gasteiger partial charge in [-0.25, -0.2) is 4.39 Å². The van der Waals surface area contributed by atoms with Gasteiger partial charge in [-0.05, 0) is 92.3 Å². The van der Waals surface area contributed by atoms with Gasteiger partial charge < -0.3 is 9.30 Å². The van der Waals surface area contributed by atoms with Crippen molar-refractivity contribution in [3.05, 3.63) is 82.9 Å². The number of carbonyl (C=O) groups is 2. The van der Waals surface area contributed by atoms with Crippen molar-refractivity contribution in [2.24, 2.45) is 0 Å². The number of benzene rings is 2. The predicted molar refractivity (Wildman–Crippen MR) is 124 cm³/mol. The summed E-state index contributed by atoms with van der Waals surface area (Å²) in [6, 6.07) is 14.8. The number of aromatic nitrogens is 1. The summed E-state index contributed by atoms with van der Waals surface area (Å²) in [5, 5.41) is 2.60. The van der Waals surface area contributed by atoms with Crippen molar-refractivity contribution in [2.75, 3.05) is 12.0 Å². The first-order valence-electron chi connectivity index (χ1n) is 9.80. The van der Waals surface area contributed by atoms with E-state index in [2.05, 4.69) is 5.32 Å². The molecule has 0 spiro atoms. The Morgan fingerprint density at radius 2 is 1.62 bits per heavy atom. The van der Waals surface area contributed by atoms with Gasteiger partial charge in [-0.3, -0.25) is 19.8 Å². The Hall–Kier alpha value is -3.78. The van der Waals surface area contributed by atoms with Gasteiger partial charge in [0, 0.05) is 17.1 Å². The van der Waals surface area contributed by atoms with Crippen LogP contribution in [0.4, 0.5) is 10.1 Å². The van der Waals surface area contributed by atoms with E-state index in [4.69, 9.17) is 17.0 Å². The summed E-state index contributed by atoms with van der Waals surface area (Å²) < 4.78 is 20.4. The maximum Gasteiger partial charge on any atom is 0.270 e. The topological polar surface area (TPSA) is 63.6 Å². The number of nitrogens with zero attached hydrogens (tertiary/aromatic N) is 2. The van der Waals surface area contributed by atoms with Gasteiger partial charge in [0.25, 0.3) is 11.8 Å². The molecule has 1 aliphatic heterocycles. The molecule has 1 N–H and O–H groups in total. The van der Waals surface area contributed by atoms with Crippen LogP contribution in [-0.2, 0) is 9.59 Å². The maximum atomic E-state index is 13.3. The Balaban J connectivity index is 1.73. The van der Waals surface area contributed by atoms with Gasteiger partial charge in [0.2, 0.25) is 0 Å². The summed E-state index contributed by atoms with van der Waals surface area (Å²) in [5.41, 5.74) is 3.66. The average Bonchev–Trinajstić information content (AvgIpc) is 3.05. The van der Waals surface area contributed by atoms with Gasteiger partial charge in [0.05, 0.1) is 12.8 Å². The molecule has 2 heterocycles. The zero-order chi connectivity index (χ0) is 23.0. The standard InChI is InChI=1S/C24H20FN3O3S/c1-14-12-16(15(2)27(14)18-6-4-17(25)5-7-18)13-21-22(29)26-24(32)28(23(21)30)19-8-10-20(31-3)11-9-19/h4-13H,1-3H3,(H,26,29,32)/b21-13+. The molecule has 0 saturated carbocycles. The van der Waals surface area contributed by atoms with Crippen LogP contribution in [0.3, 0.4) is 0 Å². The number of anilines is 1. The first-order valence-corrected chi connectivity index (χ1v) is 10.2. The molecule has 0 bridgehead atoms. The highest BCUT2D eigenvalue weighted by Crippen LogP contribution is 2.27. The molecule has 6 nitrogen and oxygen atoms in total. The highest BCUT2D eigenvalue weighted by atomic mass is 32.1. The van der Waals surface area contributed by atoms with Crippen LogP contribution in [0.25, 0.3) is 11.8 Å². The van der Waals surface area contributed by atoms with E-state index in [0.717, 1.165) is 17.1 Å². The lowest BCUT2D eigenvalue weighted by Crippen LogP contribution is -2.54. The third kappa shape index (κ3) is 3.80. The van der Waals surface area contributed by atoms with E-state index >= 15 is 0 Å². The second-order valence-corrected chi connectivity index (χ2v) is 7.68. The van der Waals surface area contributed by atoms with E-state index in [0.29, 0.717) is 17.0 Å². The Bertz CT molecular complexity index is 1260. The molecule has 4 rings (SSSR count). The number of methoxy groups -OCH3 is 1. The first kappa shape index (κ1) is 21.5. The van der Waals surface area contributed by atoms with Crippen molar-refractivity contribution in [3.8, 4) is 11.4 Å². The number of hydrogen-bond donors (Lipinski definition) is 1. The third-order valence-electron chi connectivity index (χ3n) is 5.29. The number of halogens is 1. The SMILES string of the molecule is COc1ccc(N2C(=O)/C(=C/c3cc(C)n(-c4ccc(F)cc4)c3C)C(=O)NC2=S)cc1. The lowest BCUT2D eigenvalue weighted by atomic mass is 10.1. The Morgan fingerprint density at radius 3 is 2.25 bits per heavy atom. The zero-order valence-corrected chi connectivity index (χ0v) is 18.5. The number of hydrogen-bond acceptors (Lipinski definition) is 4. The van der Waals surface area contributed by atoms with Crippen molar-refractivity contribution in [1.29, 1.82) is 0 Å². The monoisotopic (exact) mass is 449 g/mol. The summed E-state index contributed by atoms with van der Waals surface area (Å²) in [4.78, 5) is 27.1. The smallest absolute Gasteiger partial charge is 0.270 e. The van der Waals surface area contributed by atoms with Crippen molar-refractivity contribution in [1.82, 2.24) is 9.88 Å². The average molecular weight is 450 g/mol. The van der Waals surface area contributed by atoms with Gasteiger partial charge in [-0.2, -0.15) is 0 Å². The van der Waals surface area contributed by atoms with Gasteiger partial charge in [-0.15, -0.1) is 0 Å². The van der Waals surface area contributed by atoms with Crippen LogP contribution < -0.4 is 15.0 Å². The number of nitrogens with one attached hydrogen (secondary N) is 1. The number of amides is 2. The number of aryl methyl sites for hydroxylation is 1. The van der Waals surface area contributed by atoms with Gasteiger partial charge >= 0.3 is 0 Å². The Labute approximate surface area is 189 Å². The molecule has 8 heteroatoms. The summed E-state index contributed by atoms with van der Waals surface area (Å²) in [6.45, 7) is 3.78. The zero-order valence-electron chi connectivity index (χ0n) is 17.7. The largest absolute Gasteiger partial charge is 0.497 e. The minimum atomic E-state index is -0.559. The number of ether oxygens (including phenoxy) is 1. The van der Waals surface area contributed by atoms with Crippen molar-refractivity contribution in [3.63, 3.8) is 0 Å². The molecule has 162 valence electrons. The number of thiocarbonyl (C=S) groups is 1. The van der Waals surface area contributed by atoms with E-state index in [1.54, 1.807) is 49.6 Å². The molecule has 0 unspecified atom stereocenters. The molecular formula is C24H20FN3O3S. The molecule has 1 aromatic heterocycles. The second kappa shape index (κ2) is 8.39. The molecule has 0 atom stereocenters. The van der Waals surface area contributed by atoms with E-state index in [-0.39, 0.29) is 16.5 Å². The Morgan fingerprint density at radius 1 is 1.00 bits per heavy atom. The van der Waals surface area contributed by atoms with Crippen LogP contribution >= 0.6 is 12.2 Å². The van der Waals surface area contributed by atoms with Gasteiger partial charge in [0.15, 0.2) is 5.11 Å². The van der Waals surface area contributed by atoms with E-state index in [9.17, 15) is 14.0 Å². The maximum absolute atomic E-state index is 13.3. The van der Waals surface area contributed by atoms with Crippen LogP contribution in [0.15, 0.2) is 60.2 Å². The van der Waals surface area contributed by atoms with E-state index < -0.39 is 11.8 Å². The molecule has 0 radical (unpaired) electrons. The molecule has 2 amide bonds. The van der Waals surface area contributed by atoms with Gasteiger partial charge in [0.1, 0.15) is 17.1 Å².